The van der Waals surface area contributed by atoms with Gasteiger partial charge in [0.25, 0.3) is 5.91 Å². The van der Waals surface area contributed by atoms with Gasteiger partial charge < -0.3 is 14.8 Å². The Hall–Kier alpha value is -2.82. The minimum Gasteiger partial charge on any atom is -0.497 e. The first-order valence-electron chi connectivity index (χ1n) is 7.72. The number of ether oxygens (including phenoxy) is 2. The molecule has 0 saturated carbocycles. The quantitative estimate of drug-likeness (QED) is 0.826. The first kappa shape index (κ1) is 17.5. The first-order valence-corrected chi connectivity index (χ1v) is 7.72. The molecule has 2 aromatic rings. The first-order chi connectivity index (χ1) is 11.6. The molecule has 1 N–H and O–H groups in total. The number of rotatable bonds is 6. The van der Waals surface area contributed by atoms with Crippen molar-refractivity contribution >= 4 is 11.9 Å². The molecule has 0 heterocycles. The highest BCUT2D eigenvalue weighted by Gasteiger charge is 2.15. The minimum atomic E-state index is -0.424. The largest absolute Gasteiger partial charge is 0.497 e. The molecule has 126 valence electrons. The number of carbonyl (C=O) groups excluding carboxylic acids is 2. The van der Waals surface area contributed by atoms with Crippen molar-refractivity contribution in [3.8, 4) is 5.75 Å². The molecule has 5 nitrogen and oxygen atoms in total. The molecule has 1 amide bonds. The van der Waals surface area contributed by atoms with E-state index >= 15 is 0 Å². The van der Waals surface area contributed by atoms with Gasteiger partial charge in [-0.05, 0) is 48.4 Å². The maximum Gasteiger partial charge on any atom is 0.337 e. The fraction of sp³-hybridized carbons (Fsp3) is 0.263. The van der Waals surface area contributed by atoms with Crippen LogP contribution in [0, 0.1) is 0 Å². The third-order valence-corrected chi connectivity index (χ3v) is 3.80. The van der Waals surface area contributed by atoms with Gasteiger partial charge in [-0.25, -0.2) is 4.79 Å². The molecule has 0 aliphatic rings. The summed E-state index contributed by atoms with van der Waals surface area (Å²) >= 11 is 0. The molecule has 5 heteroatoms. The van der Waals surface area contributed by atoms with Crippen LogP contribution in [0.4, 0.5) is 0 Å². The minimum absolute atomic E-state index is 0.0938. The van der Waals surface area contributed by atoms with E-state index in [1.165, 1.54) is 7.11 Å². The second-order valence-electron chi connectivity index (χ2n) is 5.28. The number of nitrogens with one attached hydrogen (secondary N) is 1. The molecule has 2 aromatic carbocycles. The average molecular weight is 327 g/mol. The fourth-order valence-corrected chi connectivity index (χ4v) is 2.37. The molecule has 0 bridgehead atoms. The van der Waals surface area contributed by atoms with Gasteiger partial charge in [-0.15, -0.1) is 0 Å². The van der Waals surface area contributed by atoms with Crippen molar-refractivity contribution in [2.45, 2.75) is 19.4 Å². The van der Waals surface area contributed by atoms with E-state index in [2.05, 4.69) is 10.1 Å². The van der Waals surface area contributed by atoms with Gasteiger partial charge in [-0.2, -0.15) is 0 Å². The lowest BCUT2D eigenvalue weighted by atomic mass is 10.0. The predicted molar refractivity (Wildman–Crippen MR) is 91.3 cm³/mol. The van der Waals surface area contributed by atoms with Crippen LogP contribution in [0.3, 0.4) is 0 Å². The number of hydrogen-bond donors (Lipinski definition) is 1. The number of esters is 1. The normalized spacial score (nSPS) is 11.5. The zero-order chi connectivity index (χ0) is 17.5. The molecular formula is C19H21NO4. The summed E-state index contributed by atoms with van der Waals surface area (Å²) in [6.07, 6.45) is 0.762. The SMILES string of the molecule is CCC(NC(=O)c1ccc(C(=O)OC)cc1)c1ccc(OC)cc1. The molecule has 0 fully saturated rings. The molecular weight excluding hydrogens is 306 g/mol. The van der Waals surface area contributed by atoms with Crippen molar-refractivity contribution in [2.75, 3.05) is 14.2 Å². The van der Waals surface area contributed by atoms with E-state index in [-0.39, 0.29) is 11.9 Å². The zero-order valence-corrected chi connectivity index (χ0v) is 14.0. The van der Waals surface area contributed by atoms with Crippen LogP contribution in [-0.2, 0) is 4.74 Å². The second kappa shape index (κ2) is 8.15. The predicted octanol–water partition coefficient (Wildman–Crippen LogP) is 3.36. The van der Waals surface area contributed by atoms with E-state index in [1.807, 2.05) is 31.2 Å². The van der Waals surface area contributed by atoms with Gasteiger partial charge in [0.05, 0.1) is 25.8 Å². The van der Waals surface area contributed by atoms with Gasteiger partial charge in [0.2, 0.25) is 0 Å². The van der Waals surface area contributed by atoms with Crippen LogP contribution in [-0.4, -0.2) is 26.1 Å². The number of amides is 1. The van der Waals surface area contributed by atoms with Crippen molar-refractivity contribution < 1.29 is 19.1 Å². The summed E-state index contributed by atoms with van der Waals surface area (Å²) in [6.45, 7) is 2.01. The molecule has 0 aliphatic heterocycles. The zero-order valence-electron chi connectivity index (χ0n) is 14.0. The molecule has 0 saturated heterocycles. The highest BCUT2D eigenvalue weighted by molar-refractivity contribution is 5.96. The molecule has 0 aliphatic carbocycles. The molecule has 0 aromatic heterocycles. The molecule has 0 radical (unpaired) electrons. The van der Waals surface area contributed by atoms with Crippen molar-refractivity contribution in [3.63, 3.8) is 0 Å². The van der Waals surface area contributed by atoms with Crippen LogP contribution in [0.1, 0.15) is 45.7 Å². The summed E-state index contributed by atoms with van der Waals surface area (Å²) < 4.78 is 9.79. The van der Waals surface area contributed by atoms with E-state index < -0.39 is 5.97 Å². The third-order valence-electron chi connectivity index (χ3n) is 3.80. The van der Waals surface area contributed by atoms with Crippen LogP contribution in [0.15, 0.2) is 48.5 Å². The van der Waals surface area contributed by atoms with Crippen LogP contribution in [0.25, 0.3) is 0 Å². The summed E-state index contributed by atoms with van der Waals surface area (Å²) in [5, 5.41) is 3.00. The fourth-order valence-electron chi connectivity index (χ4n) is 2.37. The topological polar surface area (TPSA) is 64.6 Å². The van der Waals surface area contributed by atoms with Gasteiger partial charge in [0.15, 0.2) is 0 Å². The summed E-state index contributed by atoms with van der Waals surface area (Å²) in [6, 6.07) is 13.9. The summed E-state index contributed by atoms with van der Waals surface area (Å²) in [4.78, 5) is 23.8. The van der Waals surface area contributed by atoms with Gasteiger partial charge in [0, 0.05) is 5.56 Å². The Bertz CT molecular complexity index is 692. The van der Waals surface area contributed by atoms with Gasteiger partial charge >= 0.3 is 5.97 Å². The van der Waals surface area contributed by atoms with Gasteiger partial charge in [-0.1, -0.05) is 19.1 Å². The Kier molecular flexibility index (Phi) is 5.95. The maximum absolute atomic E-state index is 12.4. The van der Waals surface area contributed by atoms with E-state index in [4.69, 9.17) is 4.74 Å². The average Bonchev–Trinajstić information content (AvgIpc) is 2.65. The van der Waals surface area contributed by atoms with E-state index in [0.29, 0.717) is 11.1 Å². The highest BCUT2D eigenvalue weighted by atomic mass is 16.5. The molecule has 1 atom stereocenters. The smallest absolute Gasteiger partial charge is 0.337 e. The molecule has 24 heavy (non-hydrogen) atoms. The van der Waals surface area contributed by atoms with E-state index in [9.17, 15) is 9.59 Å². The number of carbonyl (C=O) groups is 2. The maximum atomic E-state index is 12.4. The summed E-state index contributed by atoms with van der Waals surface area (Å²) in [5.41, 5.74) is 1.92. The Morgan fingerprint density at radius 2 is 1.54 bits per heavy atom. The summed E-state index contributed by atoms with van der Waals surface area (Å²) in [5.74, 6) is 0.166. The van der Waals surface area contributed by atoms with Crippen LogP contribution in [0.5, 0.6) is 5.75 Å². The molecule has 2 rings (SSSR count). The van der Waals surface area contributed by atoms with Crippen molar-refractivity contribution in [1.29, 1.82) is 0 Å². The number of benzene rings is 2. The molecule has 1 unspecified atom stereocenters. The Morgan fingerprint density at radius 3 is 2.04 bits per heavy atom. The van der Waals surface area contributed by atoms with Gasteiger partial charge in [0.1, 0.15) is 5.75 Å². The van der Waals surface area contributed by atoms with Crippen LogP contribution < -0.4 is 10.1 Å². The Labute approximate surface area is 141 Å². The summed E-state index contributed by atoms with van der Waals surface area (Å²) in [7, 11) is 2.94. The van der Waals surface area contributed by atoms with Crippen molar-refractivity contribution in [3.05, 3.63) is 65.2 Å². The monoisotopic (exact) mass is 327 g/mol. The lowest BCUT2D eigenvalue weighted by Gasteiger charge is -2.18. The van der Waals surface area contributed by atoms with Gasteiger partial charge in [-0.3, -0.25) is 4.79 Å². The standard InChI is InChI=1S/C19H21NO4/c1-4-17(13-9-11-16(23-2)12-10-13)20-18(21)14-5-7-15(8-6-14)19(22)24-3/h5-12,17H,4H2,1-3H3,(H,20,21). The number of methoxy groups -OCH3 is 2. The van der Waals surface area contributed by atoms with E-state index in [1.54, 1.807) is 31.4 Å². The Morgan fingerprint density at radius 1 is 0.958 bits per heavy atom. The van der Waals surface area contributed by atoms with Crippen molar-refractivity contribution in [2.24, 2.45) is 0 Å². The molecule has 0 spiro atoms. The third kappa shape index (κ3) is 4.13. The van der Waals surface area contributed by atoms with Crippen LogP contribution >= 0.6 is 0 Å². The second-order valence-corrected chi connectivity index (χ2v) is 5.28. The highest BCUT2D eigenvalue weighted by Crippen LogP contribution is 2.20. The van der Waals surface area contributed by atoms with E-state index in [0.717, 1.165) is 17.7 Å². The lowest BCUT2D eigenvalue weighted by Crippen LogP contribution is -2.28. The van der Waals surface area contributed by atoms with Crippen molar-refractivity contribution in [1.82, 2.24) is 5.32 Å². The number of hydrogen-bond acceptors (Lipinski definition) is 4. The Balaban J connectivity index is 2.09. The lowest BCUT2D eigenvalue weighted by molar-refractivity contribution is 0.0600. The van der Waals surface area contributed by atoms with Crippen LogP contribution in [0.2, 0.25) is 0 Å².